The third-order valence-corrected chi connectivity index (χ3v) is 14.5. The van der Waals surface area contributed by atoms with E-state index in [0.29, 0.717) is 6.67 Å². The van der Waals surface area contributed by atoms with Gasteiger partial charge >= 0.3 is 0 Å². The first-order valence-corrected chi connectivity index (χ1v) is 38.7. The minimum atomic E-state index is 0. The molecule has 0 spiro atoms. The van der Waals surface area contributed by atoms with Gasteiger partial charge in [0.25, 0.3) is 0 Å². The van der Waals surface area contributed by atoms with Crippen molar-refractivity contribution in [2.24, 2.45) is 55.9 Å². The maximum atomic E-state index is 5.07. The number of aliphatic imine (C=N–C) groups is 5. The molecule has 0 N–H and O–H groups in total. The highest BCUT2D eigenvalue weighted by atomic mass is 16.6. The molecular formula is C85H132N16O6. The van der Waals surface area contributed by atoms with E-state index in [1.165, 1.54) is 186 Å². The van der Waals surface area contributed by atoms with Gasteiger partial charge in [0.15, 0.2) is 13.1 Å². The quantitative estimate of drug-likeness (QED) is 0.141. The van der Waals surface area contributed by atoms with E-state index in [9.17, 15) is 0 Å². The number of azo groups is 1. The maximum absolute atomic E-state index is 5.07. The van der Waals surface area contributed by atoms with E-state index in [1.54, 1.807) is 93.0 Å². The van der Waals surface area contributed by atoms with Gasteiger partial charge < -0.3 is 28.1 Å². The van der Waals surface area contributed by atoms with Crippen LogP contribution in [0.15, 0.2) is 275 Å². The van der Waals surface area contributed by atoms with Crippen molar-refractivity contribution >= 4 is 31.1 Å². The molecule has 0 radical (unpaired) electrons. The summed E-state index contributed by atoms with van der Waals surface area (Å²) in [4.78, 5) is 37.6. The summed E-state index contributed by atoms with van der Waals surface area (Å²) in [6.07, 6.45) is 92.2. The summed E-state index contributed by atoms with van der Waals surface area (Å²) in [6, 6.07) is 23.4. The van der Waals surface area contributed by atoms with Crippen LogP contribution in [0.4, 0.5) is 0 Å². The van der Waals surface area contributed by atoms with Gasteiger partial charge in [0, 0.05) is 164 Å². The van der Waals surface area contributed by atoms with Crippen molar-refractivity contribution in [2.75, 3.05) is 92.4 Å². The summed E-state index contributed by atoms with van der Waals surface area (Å²) < 4.78 is 29.4. The number of hydrogen-bond acceptors (Lipinski definition) is 22. The SMILES string of the molecule is C.C1=CCN=C1.C1=CCN=C1.C1=CN=CC1.C1=CN=CC1.C1=CN=CC1.C1=CN=NC1.C1CCC1.C1CCC1.C1CCCC1.C1CCCCC1.C1CCOC1.C1CCOCC1.C1CCOCC1.C1COCCO1.C1N=NN=N1.c1ccccc1.c1ccncc1.c1ccncc1.c1cnccn1.c1cocn1. The Kier molecular flexibility index (Phi) is 87.4. The van der Waals surface area contributed by atoms with Crippen molar-refractivity contribution < 1.29 is 28.1 Å². The highest BCUT2D eigenvalue weighted by Gasteiger charge is 1.99. The largest absolute Gasteiger partial charge is 0.452 e. The summed E-state index contributed by atoms with van der Waals surface area (Å²) >= 11 is 0. The van der Waals surface area contributed by atoms with E-state index in [2.05, 4.69) is 85.2 Å². The number of hydrogen-bond donors (Lipinski definition) is 0. The van der Waals surface area contributed by atoms with Crippen LogP contribution < -0.4 is 0 Å². The van der Waals surface area contributed by atoms with Crippen LogP contribution in [-0.2, 0) is 23.7 Å². The smallest absolute Gasteiger partial charge is 0.180 e. The lowest BCUT2D eigenvalue weighted by molar-refractivity contribution is -0.0334. The number of nitrogens with zero attached hydrogens (tertiary/aromatic N) is 16. The first kappa shape index (κ1) is 98.2. The van der Waals surface area contributed by atoms with Crippen LogP contribution in [0.25, 0.3) is 0 Å². The van der Waals surface area contributed by atoms with Crippen LogP contribution in [0.1, 0.15) is 200 Å². The summed E-state index contributed by atoms with van der Waals surface area (Å²) in [5.74, 6) is 0. The van der Waals surface area contributed by atoms with Gasteiger partial charge in [-0.15, -0.1) is 10.2 Å². The van der Waals surface area contributed by atoms with Gasteiger partial charge in [-0.3, -0.25) is 44.9 Å². The maximum Gasteiger partial charge on any atom is 0.180 e. The first-order chi connectivity index (χ1) is 53.0. The van der Waals surface area contributed by atoms with Crippen molar-refractivity contribution in [1.82, 2.24) is 24.9 Å². The number of pyridine rings is 2. The zero-order valence-corrected chi connectivity index (χ0v) is 63.8. The number of rotatable bonds is 0. The lowest BCUT2D eigenvalue weighted by Gasteiger charge is -2.09. The van der Waals surface area contributed by atoms with Crippen LogP contribution in [-0.4, -0.2) is 148 Å². The molecule has 22 nitrogen and oxygen atoms in total. The number of benzene rings is 1. The molecule has 4 saturated carbocycles. The van der Waals surface area contributed by atoms with Gasteiger partial charge in [0.1, 0.15) is 6.26 Å². The highest BCUT2D eigenvalue weighted by molar-refractivity contribution is 5.73. The molecule has 15 heterocycles. The predicted molar refractivity (Wildman–Crippen MR) is 444 cm³/mol. The van der Waals surface area contributed by atoms with E-state index >= 15 is 0 Å². The topological polar surface area (TPSA) is 260 Å². The van der Waals surface area contributed by atoms with Gasteiger partial charge in [-0.1, -0.05) is 208 Å². The number of ether oxygens (including phenoxy) is 5. The average Bonchev–Trinajstić information content (AvgIpc) is 4.79. The second-order valence-electron chi connectivity index (χ2n) is 23.6. The Balaban J connectivity index is 0.00000111. The number of oxazole rings is 1. The monoisotopic (exact) mass is 1470 g/mol. The molecule has 22 heteroatoms. The number of aromatic nitrogens is 5. The first-order valence-electron chi connectivity index (χ1n) is 38.7. The molecule has 0 amide bonds. The van der Waals surface area contributed by atoms with Gasteiger partial charge in [0.05, 0.1) is 52.3 Å². The summed E-state index contributed by atoms with van der Waals surface area (Å²) in [5, 5.41) is 20.2. The molecule has 15 aliphatic rings. The van der Waals surface area contributed by atoms with Crippen LogP contribution in [0.3, 0.4) is 0 Å². The third-order valence-electron chi connectivity index (χ3n) is 14.5. The molecule has 4 saturated heterocycles. The lowest BCUT2D eigenvalue weighted by atomic mass is 10.0. The summed E-state index contributed by atoms with van der Waals surface area (Å²) in [7, 11) is 0. The molecule has 5 aromatic rings. The molecule has 588 valence electrons. The fourth-order valence-electron chi connectivity index (χ4n) is 8.11. The molecule has 4 aromatic heterocycles. The zero-order valence-electron chi connectivity index (χ0n) is 63.8. The molecule has 8 fully saturated rings. The van der Waals surface area contributed by atoms with E-state index in [0.717, 1.165) is 105 Å². The Morgan fingerprint density at radius 1 is 0.252 bits per heavy atom. The summed E-state index contributed by atoms with van der Waals surface area (Å²) in [5.41, 5.74) is 0. The van der Waals surface area contributed by atoms with E-state index in [4.69, 9.17) is 23.7 Å². The molecule has 20 rings (SSSR count). The molecular weight excluding hydrogens is 1340 g/mol. The van der Waals surface area contributed by atoms with Gasteiger partial charge in [-0.05, 0) is 104 Å². The zero-order chi connectivity index (χ0) is 75.0. The summed E-state index contributed by atoms with van der Waals surface area (Å²) in [6.45, 7) is 12.1. The second kappa shape index (κ2) is 95.2. The molecule has 1 aromatic carbocycles. The number of allylic oxidation sites excluding steroid dienone is 5. The van der Waals surface area contributed by atoms with E-state index < -0.39 is 0 Å². The van der Waals surface area contributed by atoms with Crippen LogP contribution in [0, 0.1) is 0 Å². The average molecular weight is 1470 g/mol. The molecule has 4 aliphatic carbocycles. The van der Waals surface area contributed by atoms with E-state index in [-0.39, 0.29) is 7.43 Å². The lowest BCUT2D eigenvalue weighted by Crippen LogP contribution is -2.16. The highest BCUT2D eigenvalue weighted by Crippen LogP contribution is 2.17. The minimum absolute atomic E-state index is 0. The van der Waals surface area contributed by atoms with Crippen LogP contribution in [0.2, 0.25) is 0 Å². The van der Waals surface area contributed by atoms with Gasteiger partial charge in [0.2, 0.25) is 0 Å². The van der Waals surface area contributed by atoms with Crippen molar-refractivity contribution in [3.8, 4) is 0 Å². The Labute approximate surface area is 643 Å². The van der Waals surface area contributed by atoms with Gasteiger partial charge in [-0.2, -0.15) is 10.2 Å². The minimum Gasteiger partial charge on any atom is -0.452 e. The van der Waals surface area contributed by atoms with Crippen molar-refractivity contribution in [3.05, 3.63) is 215 Å². The van der Waals surface area contributed by atoms with Crippen molar-refractivity contribution in [1.29, 1.82) is 0 Å². The fraction of sp³-hybridized carbons (Fsp3) is 0.529. The van der Waals surface area contributed by atoms with Gasteiger partial charge in [-0.25, -0.2) is 4.98 Å². The molecule has 0 bridgehead atoms. The second-order valence-corrected chi connectivity index (χ2v) is 23.6. The molecule has 107 heavy (non-hydrogen) atoms. The standard InChI is InChI=1S/C6H12.C6H6.2C5H5N.2C5H10O.C5H10.C4H4N2.5C4H5N.C4H8O2.C4H8O.2C4H8.C3H4N2.C3H3NO.CH2N4.CH4/c6*1-2-4-6-5-3-1;1-2-4-5-3-1;1-2-6-4-3-5-1;5*1-2-4-5-3-1;1-2-6-4-3-5-1;1-2-4-5-3-1;2*1-2-4-3-1;1-2-4-5-3-1;1-2-5-3-4-1;1-2-4-5-3-1;/h1-6H2;1-6H;2*1-5H;2*1-5H2;1-5H2;1-4H;3*1,3-4H,2H2;2*1-3H,4H2;1-4H2;1-4H2;2*1-4H2;1-2H,3H2;1-3H;1H2;1H4. The Bertz CT molecular complexity index is 2180. The third kappa shape index (κ3) is 93.2. The van der Waals surface area contributed by atoms with Crippen LogP contribution in [0.5, 0.6) is 0 Å². The predicted octanol–water partition coefficient (Wildman–Crippen LogP) is 22.2. The van der Waals surface area contributed by atoms with Crippen molar-refractivity contribution in [2.45, 2.75) is 200 Å². The molecule has 0 atom stereocenters. The fourth-order valence-corrected chi connectivity index (χ4v) is 8.11. The molecule has 0 unspecified atom stereocenters. The molecule has 11 aliphatic heterocycles. The Hall–Kier alpha value is -8.80. The van der Waals surface area contributed by atoms with E-state index in [1.807, 2.05) is 140 Å². The normalized spacial score (nSPS) is 17.3. The Morgan fingerprint density at radius 3 is 0.673 bits per heavy atom. The Morgan fingerprint density at radius 2 is 0.561 bits per heavy atom. The van der Waals surface area contributed by atoms with Crippen LogP contribution >= 0.6 is 0 Å². The van der Waals surface area contributed by atoms with Crippen molar-refractivity contribution in [3.63, 3.8) is 0 Å².